The van der Waals surface area contributed by atoms with E-state index >= 15 is 0 Å². The number of benzene rings is 3. The number of carbonyl (C=O) groups excluding carboxylic acids is 1. The fourth-order valence-electron chi connectivity index (χ4n) is 4.14. The standard InChI is InChI=1S/C28H30ClN3O4/c1-17(30-15-27(35)19-7-9-26(34)22(12-19)16-33)10-18-6-8-24-21(11-18)13-25(32-24)28(36)31-14-20-4-2-3-5-23(20)29/h2-9,11-13,17,27,30,32-35H,10,14-16H2,1H3,(H,31,36)/t17?,27-/m0/s1. The van der Waals surface area contributed by atoms with E-state index in [1.807, 2.05) is 43.3 Å². The summed E-state index contributed by atoms with van der Waals surface area (Å²) in [6.45, 7) is 2.43. The highest BCUT2D eigenvalue weighted by atomic mass is 35.5. The summed E-state index contributed by atoms with van der Waals surface area (Å²) in [5.41, 5.74) is 4.34. The molecular formula is C28H30ClN3O4. The third kappa shape index (κ3) is 6.25. The Morgan fingerprint density at radius 2 is 1.86 bits per heavy atom. The number of halogens is 1. The molecule has 0 aliphatic rings. The number of aromatic hydroxyl groups is 1. The lowest BCUT2D eigenvalue weighted by molar-refractivity contribution is 0.0946. The van der Waals surface area contributed by atoms with Gasteiger partial charge in [-0.05, 0) is 66.4 Å². The van der Waals surface area contributed by atoms with Crippen molar-refractivity contribution in [3.05, 3.63) is 99.7 Å². The molecule has 0 radical (unpaired) electrons. The molecule has 4 rings (SSSR count). The van der Waals surface area contributed by atoms with E-state index in [9.17, 15) is 20.1 Å². The smallest absolute Gasteiger partial charge is 0.267 e. The molecule has 1 aromatic heterocycles. The first-order valence-corrected chi connectivity index (χ1v) is 12.2. The Kier molecular flexibility index (Phi) is 8.28. The van der Waals surface area contributed by atoms with Gasteiger partial charge in [-0.15, -0.1) is 0 Å². The molecule has 0 fully saturated rings. The summed E-state index contributed by atoms with van der Waals surface area (Å²) in [5.74, 6) is -0.188. The van der Waals surface area contributed by atoms with E-state index in [-0.39, 0.29) is 24.3 Å². The fourth-order valence-corrected chi connectivity index (χ4v) is 4.34. The van der Waals surface area contributed by atoms with Crippen LogP contribution in [0.3, 0.4) is 0 Å². The van der Waals surface area contributed by atoms with Crippen LogP contribution in [-0.4, -0.2) is 38.8 Å². The van der Waals surface area contributed by atoms with Crippen LogP contribution in [-0.2, 0) is 19.6 Å². The molecule has 0 bridgehead atoms. The van der Waals surface area contributed by atoms with Crippen molar-refractivity contribution in [2.75, 3.05) is 6.54 Å². The van der Waals surface area contributed by atoms with Crippen LogP contribution in [0.2, 0.25) is 5.02 Å². The van der Waals surface area contributed by atoms with Gasteiger partial charge in [0.05, 0.1) is 12.7 Å². The number of fused-ring (bicyclic) bond motifs is 1. The second-order valence-electron chi connectivity index (χ2n) is 8.95. The number of aromatic nitrogens is 1. The van der Waals surface area contributed by atoms with Gasteiger partial charge in [-0.2, -0.15) is 0 Å². The minimum absolute atomic E-state index is 0.0103. The third-order valence-corrected chi connectivity index (χ3v) is 6.56. The number of hydrogen-bond donors (Lipinski definition) is 6. The molecule has 8 heteroatoms. The zero-order valence-corrected chi connectivity index (χ0v) is 20.7. The van der Waals surface area contributed by atoms with Gasteiger partial charge in [-0.1, -0.05) is 41.9 Å². The Morgan fingerprint density at radius 3 is 2.64 bits per heavy atom. The number of nitrogens with one attached hydrogen (secondary N) is 3. The van der Waals surface area contributed by atoms with Gasteiger partial charge in [0, 0.05) is 40.6 Å². The summed E-state index contributed by atoms with van der Waals surface area (Å²) in [6, 6.07) is 20.1. The molecule has 36 heavy (non-hydrogen) atoms. The van der Waals surface area contributed by atoms with Crippen molar-refractivity contribution >= 4 is 28.4 Å². The van der Waals surface area contributed by atoms with Crippen LogP contribution in [0, 0.1) is 0 Å². The molecule has 7 nitrogen and oxygen atoms in total. The summed E-state index contributed by atoms with van der Waals surface area (Å²) >= 11 is 6.17. The average molecular weight is 508 g/mol. The minimum atomic E-state index is -0.766. The highest BCUT2D eigenvalue weighted by Crippen LogP contribution is 2.23. The summed E-state index contributed by atoms with van der Waals surface area (Å²) < 4.78 is 0. The fraction of sp³-hybridized carbons (Fsp3) is 0.250. The average Bonchev–Trinajstić information content (AvgIpc) is 3.30. The lowest BCUT2D eigenvalue weighted by Crippen LogP contribution is -2.32. The maximum atomic E-state index is 12.6. The predicted molar refractivity (Wildman–Crippen MR) is 141 cm³/mol. The zero-order valence-electron chi connectivity index (χ0n) is 20.0. The molecule has 1 heterocycles. The lowest BCUT2D eigenvalue weighted by Gasteiger charge is -2.18. The number of phenols is 1. The summed E-state index contributed by atoms with van der Waals surface area (Å²) in [6.07, 6.45) is -0.0309. The monoisotopic (exact) mass is 507 g/mol. The lowest BCUT2D eigenvalue weighted by atomic mass is 10.0. The van der Waals surface area contributed by atoms with Gasteiger partial charge in [-0.25, -0.2) is 0 Å². The molecule has 0 saturated carbocycles. The van der Waals surface area contributed by atoms with Crippen LogP contribution in [0.4, 0.5) is 0 Å². The summed E-state index contributed by atoms with van der Waals surface area (Å²) in [4.78, 5) is 15.8. The van der Waals surface area contributed by atoms with Crippen molar-refractivity contribution in [3.63, 3.8) is 0 Å². The third-order valence-electron chi connectivity index (χ3n) is 6.19. The van der Waals surface area contributed by atoms with Gasteiger partial charge in [0.25, 0.3) is 5.91 Å². The van der Waals surface area contributed by atoms with Gasteiger partial charge in [0.15, 0.2) is 0 Å². The van der Waals surface area contributed by atoms with Gasteiger partial charge < -0.3 is 30.9 Å². The van der Waals surface area contributed by atoms with Gasteiger partial charge in [-0.3, -0.25) is 4.79 Å². The van der Waals surface area contributed by atoms with E-state index in [0.717, 1.165) is 28.5 Å². The second-order valence-corrected chi connectivity index (χ2v) is 9.36. The van der Waals surface area contributed by atoms with Crippen LogP contribution in [0.15, 0.2) is 66.7 Å². The first kappa shape index (κ1) is 25.7. The van der Waals surface area contributed by atoms with E-state index in [1.165, 1.54) is 6.07 Å². The van der Waals surface area contributed by atoms with E-state index in [0.29, 0.717) is 34.9 Å². The molecule has 6 N–H and O–H groups in total. The van der Waals surface area contributed by atoms with E-state index in [2.05, 4.69) is 21.7 Å². The maximum Gasteiger partial charge on any atom is 0.267 e. The predicted octanol–water partition coefficient (Wildman–Crippen LogP) is 4.20. The molecule has 4 aromatic rings. The van der Waals surface area contributed by atoms with Crippen LogP contribution in [0.5, 0.6) is 5.75 Å². The normalized spacial score (nSPS) is 13.0. The molecule has 1 unspecified atom stereocenters. The highest BCUT2D eigenvalue weighted by Gasteiger charge is 2.14. The number of aliphatic hydroxyl groups is 2. The molecule has 0 aliphatic carbocycles. The highest BCUT2D eigenvalue weighted by molar-refractivity contribution is 6.31. The van der Waals surface area contributed by atoms with Crippen LogP contribution in [0.1, 0.15) is 45.8 Å². The summed E-state index contributed by atoms with van der Waals surface area (Å²) in [5, 5.41) is 37.3. The Labute approximate surface area is 214 Å². The van der Waals surface area contributed by atoms with Gasteiger partial charge >= 0.3 is 0 Å². The van der Waals surface area contributed by atoms with Crippen LogP contribution in [0.25, 0.3) is 10.9 Å². The number of hydrogen-bond acceptors (Lipinski definition) is 5. The minimum Gasteiger partial charge on any atom is -0.508 e. The molecule has 2 atom stereocenters. The van der Waals surface area contributed by atoms with Crippen molar-refractivity contribution in [1.29, 1.82) is 0 Å². The Morgan fingerprint density at radius 1 is 1.06 bits per heavy atom. The first-order valence-electron chi connectivity index (χ1n) is 11.8. The number of H-pyrrole nitrogens is 1. The molecule has 0 saturated heterocycles. The summed E-state index contributed by atoms with van der Waals surface area (Å²) in [7, 11) is 0. The van der Waals surface area contributed by atoms with Crippen molar-refractivity contribution in [2.24, 2.45) is 0 Å². The topological polar surface area (TPSA) is 118 Å². The van der Waals surface area contributed by atoms with Gasteiger partial charge in [0.1, 0.15) is 11.4 Å². The first-order chi connectivity index (χ1) is 17.3. The van der Waals surface area contributed by atoms with Crippen molar-refractivity contribution in [2.45, 2.75) is 38.6 Å². The SMILES string of the molecule is CC(Cc1ccc2[nH]c(C(=O)NCc3ccccc3Cl)cc2c1)NC[C@H](O)c1ccc(O)c(CO)c1. The number of rotatable bonds is 10. The second kappa shape index (κ2) is 11.6. The number of aromatic amines is 1. The van der Waals surface area contributed by atoms with E-state index in [4.69, 9.17) is 11.6 Å². The van der Waals surface area contributed by atoms with Crippen LogP contribution < -0.4 is 10.6 Å². The van der Waals surface area contributed by atoms with Crippen molar-refractivity contribution in [1.82, 2.24) is 15.6 Å². The maximum absolute atomic E-state index is 12.6. The van der Waals surface area contributed by atoms with E-state index in [1.54, 1.807) is 18.2 Å². The van der Waals surface area contributed by atoms with Crippen LogP contribution >= 0.6 is 11.6 Å². The molecule has 3 aromatic carbocycles. The quantitative estimate of drug-likeness (QED) is 0.192. The van der Waals surface area contributed by atoms with Crippen molar-refractivity contribution < 1.29 is 20.1 Å². The molecular weight excluding hydrogens is 478 g/mol. The van der Waals surface area contributed by atoms with E-state index < -0.39 is 6.10 Å². The van der Waals surface area contributed by atoms with Gasteiger partial charge in [0.2, 0.25) is 0 Å². The largest absolute Gasteiger partial charge is 0.508 e. The number of aliphatic hydroxyl groups excluding tert-OH is 2. The van der Waals surface area contributed by atoms with Crippen molar-refractivity contribution in [3.8, 4) is 5.75 Å². The molecule has 0 spiro atoms. The Bertz CT molecular complexity index is 1350. The number of carbonyl (C=O) groups is 1. The zero-order chi connectivity index (χ0) is 25.7. The number of amides is 1. The molecule has 0 aliphatic heterocycles. The Balaban J connectivity index is 1.33. The molecule has 1 amide bonds. The Hall–Kier alpha value is -3.36. The molecule has 188 valence electrons.